The van der Waals surface area contributed by atoms with E-state index in [0.29, 0.717) is 13.0 Å². The Hall–Kier alpha value is -0.620. The van der Waals surface area contributed by atoms with E-state index in [1.54, 1.807) is 4.90 Å². The number of amides is 1. The first-order chi connectivity index (χ1) is 8.85. The second-order valence-corrected chi connectivity index (χ2v) is 7.59. The Morgan fingerprint density at radius 2 is 2.11 bits per heavy atom. The second kappa shape index (κ2) is 7.24. The zero-order chi connectivity index (χ0) is 14.5. The van der Waals surface area contributed by atoms with Crippen LogP contribution in [0.25, 0.3) is 0 Å². The lowest BCUT2D eigenvalue weighted by atomic mass is 10.2. The maximum atomic E-state index is 12.2. The molecule has 0 aliphatic carbocycles. The van der Waals surface area contributed by atoms with Crippen LogP contribution in [0.3, 0.4) is 0 Å². The van der Waals surface area contributed by atoms with Crippen molar-refractivity contribution in [3.05, 3.63) is 0 Å². The van der Waals surface area contributed by atoms with Gasteiger partial charge in [-0.2, -0.15) is 0 Å². The van der Waals surface area contributed by atoms with Gasteiger partial charge in [0.1, 0.15) is 6.61 Å². The van der Waals surface area contributed by atoms with Gasteiger partial charge < -0.3 is 9.64 Å². The molecule has 0 aromatic carbocycles. The smallest absolute Gasteiger partial charge is 0.248 e. The van der Waals surface area contributed by atoms with Crippen LogP contribution in [0.1, 0.15) is 40.0 Å². The average Bonchev–Trinajstić information content (AvgIpc) is 2.67. The number of nitrogens with zero attached hydrogens (tertiary/aromatic N) is 1. The van der Waals surface area contributed by atoms with Crippen LogP contribution in [0.2, 0.25) is 0 Å². The van der Waals surface area contributed by atoms with E-state index < -0.39 is 9.84 Å². The van der Waals surface area contributed by atoms with Gasteiger partial charge in [0.15, 0.2) is 9.84 Å². The normalized spacial score (nSPS) is 21.8. The Morgan fingerprint density at radius 3 is 2.58 bits per heavy atom. The molecule has 5 nitrogen and oxygen atoms in total. The van der Waals surface area contributed by atoms with Crippen LogP contribution >= 0.6 is 0 Å². The molecule has 6 heteroatoms. The van der Waals surface area contributed by atoms with Gasteiger partial charge in [0.2, 0.25) is 5.91 Å². The molecule has 0 spiro atoms. The van der Waals surface area contributed by atoms with Crippen LogP contribution in [0.15, 0.2) is 0 Å². The predicted molar refractivity (Wildman–Crippen MR) is 74.8 cm³/mol. The molecule has 1 saturated heterocycles. The van der Waals surface area contributed by atoms with Gasteiger partial charge in [0.25, 0.3) is 0 Å². The van der Waals surface area contributed by atoms with Crippen molar-refractivity contribution in [1.29, 1.82) is 0 Å². The molecular formula is C13H25NO4S. The predicted octanol–water partition coefficient (Wildman–Crippen LogP) is 1.23. The van der Waals surface area contributed by atoms with Crippen LogP contribution in [0, 0.1) is 0 Å². The SMILES string of the molecule is CCCCN(C(=O)COC(C)C)C1CCS(=O)(=O)C1. The Morgan fingerprint density at radius 1 is 1.42 bits per heavy atom. The maximum absolute atomic E-state index is 12.2. The number of hydrogen-bond donors (Lipinski definition) is 0. The van der Waals surface area contributed by atoms with Gasteiger partial charge in [-0.3, -0.25) is 4.79 Å². The molecule has 0 aromatic heterocycles. The number of carbonyl (C=O) groups is 1. The summed E-state index contributed by atoms with van der Waals surface area (Å²) in [6.07, 6.45) is 2.43. The van der Waals surface area contributed by atoms with Crippen molar-refractivity contribution in [1.82, 2.24) is 4.90 Å². The molecule has 112 valence electrons. The number of unbranched alkanes of at least 4 members (excludes halogenated alkanes) is 1. The van der Waals surface area contributed by atoms with E-state index in [0.717, 1.165) is 12.8 Å². The molecule has 0 radical (unpaired) electrons. The van der Waals surface area contributed by atoms with Crippen LogP contribution in [0.4, 0.5) is 0 Å². The fourth-order valence-corrected chi connectivity index (χ4v) is 3.91. The topological polar surface area (TPSA) is 63.7 Å². The quantitative estimate of drug-likeness (QED) is 0.707. The first-order valence-corrected chi connectivity index (χ1v) is 8.79. The minimum Gasteiger partial charge on any atom is -0.369 e. The van der Waals surface area contributed by atoms with E-state index in [1.807, 2.05) is 13.8 Å². The summed E-state index contributed by atoms with van der Waals surface area (Å²) in [5.41, 5.74) is 0. The third kappa shape index (κ3) is 5.48. The largest absolute Gasteiger partial charge is 0.369 e. The summed E-state index contributed by atoms with van der Waals surface area (Å²) in [6, 6.07) is -0.167. The van der Waals surface area contributed by atoms with Crippen molar-refractivity contribution < 1.29 is 17.9 Å². The zero-order valence-electron chi connectivity index (χ0n) is 12.1. The summed E-state index contributed by atoms with van der Waals surface area (Å²) in [6.45, 7) is 6.47. The van der Waals surface area contributed by atoms with Crippen molar-refractivity contribution in [2.45, 2.75) is 52.2 Å². The standard InChI is InChI=1S/C13H25NO4S/c1-4-5-7-14(13(15)9-18-11(2)3)12-6-8-19(16,17)10-12/h11-12H,4-10H2,1-3H3. The lowest BCUT2D eigenvalue weighted by Crippen LogP contribution is -2.43. The lowest BCUT2D eigenvalue weighted by Gasteiger charge is -2.28. The van der Waals surface area contributed by atoms with E-state index in [2.05, 4.69) is 6.92 Å². The number of rotatable bonds is 7. The Balaban J connectivity index is 2.63. The van der Waals surface area contributed by atoms with Crippen LogP contribution in [0.5, 0.6) is 0 Å². The second-order valence-electron chi connectivity index (χ2n) is 5.36. The number of hydrogen-bond acceptors (Lipinski definition) is 4. The molecule has 0 saturated carbocycles. The molecule has 0 aromatic rings. The first-order valence-electron chi connectivity index (χ1n) is 6.97. The molecule has 1 aliphatic rings. The Kier molecular flexibility index (Phi) is 6.26. The molecule has 1 heterocycles. The minimum atomic E-state index is -2.97. The van der Waals surface area contributed by atoms with Crippen molar-refractivity contribution >= 4 is 15.7 Å². The number of ether oxygens (including phenoxy) is 1. The highest BCUT2D eigenvalue weighted by molar-refractivity contribution is 7.91. The van der Waals surface area contributed by atoms with Crippen molar-refractivity contribution in [2.24, 2.45) is 0 Å². The van der Waals surface area contributed by atoms with Gasteiger partial charge in [-0.1, -0.05) is 13.3 Å². The molecule has 1 amide bonds. The summed E-state index contributed by atoms with van der Waals surface area (Å²) < 4.78 is 28.4. The molecule has 1 fully saturated rings. The summed E-state index contributed by atoms with van der Waals surface area (Å²) >= 11 is 0. The van der Waals surface area contributed by atoms with E-state index in [-0.39, 0.29) is 36.2 Å². The maximum Gasteiger partial charge on any atom is 0.248 e. The molecule has 1 atom stereocenters. The number of carbonyl (C=O) groups excluding carboxylic acids is 1. The Labute approximate surface area is 116 Å². The van der Waals surface area contributed by atoms with Gasteiger partial charge in [-0.15, -0.1) is 0 Å². The van der Waals surface area contributed by atoms with Crippen molar-refractivity contribution in [2.75, 3.05) is 24.7 Å². The fourth-order valence-electron chi connectivity index (χ4n) is 2.18. The van der Waals surface area contributed by atoms with E-state index in [9.17, 15) is 13.2 Å². The summed E-state index contributed by atoms with van der Waals surface area (Å²) in [7, 11) is -2.97. The molecular weight excluding hydrogens is 266 g/mol. The number of sulfone groups is 1. The van der Waals surface area contributed by atoms with Crippen LogP contribution in [-0.2, 0) is 19.4 Å². The van der Waals surface area contributed by atoms with E-state index >= 15 is 0 Å². The summed E-state index contributed by atoms with van der Waals surface area (Å²) in [5.74, 6) is 0.201. The third-order valence-electron chi connectivity index (χ3n) is 3.26. The fraction of sp³-hybridized carbons (Fsp3) is 0.923. The van der Waals surface area contributed by atoms with Gasteiger partial charge in [0, 0.05) is 12.6 Å². The Bertz CT molecular complexity index is 391. The van der Waals surface area contributed by atoms with Crippen LogP contribution in [-0.4, -0.2) is 56.0 Å². The lowest BCUT2D eigenvalue weighted by molar-refractivity contribution is -0.139. The van der Waals surface area contributed by atoms with Crippen molar-refractivity contribution in [3.8, 4) is 0 Å². The van der Waals surface area contributed by atoms with Gasteiger partial charge in [-0.05, 0) is 26.7 Å². The van der Waals surface area contributed by atoms with E-state index in [1.165, 1.54) is 0 Å². The van der Waals surface area contributed by atoms with E-state index in [4.69, 9.17) is 4.74 Å². The van der Waals surface area contributed by atoms with Crippen LogP contribution < -0.4 is 0 Å². The highest BCUT2D eigenvalue weighted by Gasteiger charge is 2.34. The average molecular weight is 291 g/mol. The highest BCUT2D eigenvalue weighted by Crippen LogP contribution is 2.18. The molecule has 0 N–H and O–H groups in total. The molecule has 1 unspecified atom stereocenters. The third-order valence-corrected chi connectivity index (χ3v) is 5.01. The van der Waals surface area contributed by atoms with Gasteiger partial charge >= 0.3 is 0 Å². The van der Waals surface area contributed by atoms with Gasteiger partial charge in [0.05, 0.1) is 17.6 Å². The van der Waals surface area contributed by atoms with Gasteiger partial charge in [-0.25, -0.2) is 8.42 Å². The highest BCUT2D eigenvalue weighted by atomic mass is 32.2. The summed E-state index contributed by atoms with van der Waals surface area (Å²) in [5, 5.41) is 0. The summed E-state index contributed by atoms with van der Waals surface area (Å²) in [4.78, 5) is 13.9. The monoisotopic (exact) mass is 291 g/mol. The zero-order valence-corrected chi connectivity index (χ0v) is 12.9. The molecule has 0 bridgehead atoms. The molecule has 1 rings (SSSR count). The molecule has 19 heavy (non-hydrogen) atoms. The van der Waals surface area contributed by atoms with Crippen molar-refractivity contribution in [3.63, 3.8) is 0 Å². The minimum absolute atomic E-state index is 0.00397. The molecule has 1 aliphatic heterocycles. The first kappa shape index (κ1) is 16.4.